The van der Waals surface area contributed by atoms with E-state index in [1.807, 2.05) is 0 Å². The average molecular weight is 308 g/mol. The van der Waals surface area contributed by atoms with Crippen molar-refractivity contribution >= 4 is 8.56 Å². The van der Waals surface area contributed by atoms with E-state index in [2.05, 4.69) is 17.6 Å². The van der Waals surface area contributed by atoms with Crippen molar-refractivity contribution in [3.63, 3.8) is 0 Å². The maximum absolute atomic E-state index is 12.4. The van der Waals surface area contributed by atoms with Gasteiger partial charge >= 0.3 is 20.9 Å². The normalized spacial score (nSPS) is 14.0. The molecule has 0 aliphatic carbocycles. The molecule has 0 aromatic carbocycles. The second-order valence-corrected chi connectivity index (χ2v) is 6.61. The van der Waals surface area contributed by atoms with E-state index in [-0.39, 0.29) is 0 Å². The molecule has 0 radical (unpaired) electrons. The van der Waals surface area contributed by atoms with Crippen LogP contribution in [0.25, 0.3) is 0 Å². The molecule has 9 heteroatoms. The molecule has 0 spiro atoms. The van der Waals surface area contributed by atoms with Crippen LogP contribution >= 0.6 is 0 Å². The fourth-order valence-corrected chi connectivity index (χ4v) is 3.15. The molecule has 0 N–H and O–H groups in total. The first-order valence-electron chi connectivity index (χ1n) is 5.14. The van der Waals surface area contributed by atoms with Gasteiger partial charge in [0.05, 0.1) is 0 Å². The monoisotopic (exact) mass is 308 g/mol. The van der Waals surface area contributed by atoms with E-state index >= 15 is 0 Å². The fraction of sp³-hybridized carbons (Fsp3) is 0.600. The lowest BCUT2D eigenvalue weighted by molar-refractivity contribution is -0.305. The van der Waals surface area contributed by atoms with Gasteiger partial charge in [0, 0.05) is 6.10 Å². The predicted octanol–water partition coefficient (Wildman–Crippen LogP) is 3.81. The minimum atomic E-state index is -5.59. The Hall–Kier alpha value is -0.803. The van der Waals surface area contributed by atoms with Gasteiger partial charge in [0.25, 0.3) is 0 Å². The first kappa shape index (κ1) is 18.2. The number of hydrogen-bond acceptors (Lipinski definition) is 2. The van der Waals surface area contributed by atoms with E-state index in [0.29, 0.717) is 0 Å². The Morgan fingerprint density at radius 3 is 1.47 bits per heavy atom. The van der Waals surface area contributed by atoms with Gasteiger partial charge in [-0.1, -0.05) is 0 Å². The maximum Gasteiger partial charge on any atom is 0.422 e. The molecule has 0 heterocycles. The van der Waals surface area contributed by atoms with Crippen LogP contribution in [-0.4, -0.2) is 33.1 Å². The molecule has 0 aromatic rings. The van der Waals surface area contributed by atoms with E-state index < -0.39 is 33.1 Å². The molecule has 19 heavy (non-hydrogen) atoms. The van der Waals surface area contributed by atoms with Crippen LogP contribution in [0.4, 0.5) is 26.3 Å². The second kappa shape index (κ2) is 6.10. The van der Waals surface area contributed by atoms with Crippen LogP contribution in [0, 0.1) is 0 Å². The molecular weight excluding hydrogens is 294 g/mol. The molecule has 2 nitrogen and oxygen atoms in total. The molecule has 0 bridgehead atoms. The van der Waals surface area contributed by atoms with Crippen LogP contribution < -0.4 is 0 Å². The standard InChI is InChI=1S/C10H14F6O2Si/c1-5-19(6-2,17-7(3)4)18-8(9(11,12)13)10(14,15)16/h5-8H,1-2H2,3-4H3. The second-order valence-electron chi connectivity index (χ2n) is 3.88. The van der Waals surface area contributed by atoms with Crippen molar-refractivity contribution in [1.82, 2.24) is 0 Å². The highest BCUT2D eigenvalue weighted by atomic mass is 28.4. The molecule has 0 aromatic heterocycles. The van der Waals surface area contributed by atoms with Crippen molar-refractivity contribution in [3.8, 4) is 0 Å². The highest BCUT2D eigenvalue weighted by molar-refractivity contribution is 6.77. The van der Waals surface area contributed by atoms with Gasteiger partial charge in [-0.15, -0.1) is 13.2 Å². The fourth-order valence-electron chi connectivity index (χ4n) is 1.18. The molecule has 0 aliphatic rings. The summed E-state index contributed by atoms with van der Waals surface area (Å²) < 4.78 is 83.7. The Balaban J connectivity index is 5.39. The lowest BCUT2D eigenvalue weighted by Crippen LogP contribution is -2.53. The Kier molecular flexibility index (Phi) is 5.84. The van der Waals surface area contributed by atoms with Crippen molar-refractivity contribution in [2.75, 3.05) is 0 Å². The molecule has 0 saturated heterocycles. The van der Waals surface area contributed by atoms with Crippen molar-refractivity contribution in [2.24, 2.45) is 0 Å². The molecule has 0 rings (SSSR count). The van der Waals surface area contributed by atoms with Gasteiger partial charge < -0.3 is 8.85 Å². The van der Waals surface area contributed by atoms with Crippen LogP contribution in [-0.2, 0) is 8.85 Å². The van der Waals surface area contributed by atoms with Crippen molar-refractivity contribution < 1.29 is 35.2 Å². The lowest BCUT2D eigenvalue weighted by atomic mass is 10.3. The van der Waals surface area contributed by atoms with Crippen LogP contribution in [0.3, 0.4) is 0 Å². The van der Waals surface area contributed by atoms with Gasteiger partial charge in [0.15, 0.2) is 0 Å². The maximum atomic E-state index is 12.4. The van der Waals surface area contributed by atoms with Crippen LogP contribution in [0.15, 0.2) is 24.6 Å². The van der Waals surface area contributed by atoms with Gasteiger partial charge in [0.1, 0.15) is 0 Å². The number of hydrogen-bond donors (Lipinski definition) is 0. The Labute approximate surface area is 107 Å². The molecule has 0 fully saturated rings. The summed E-state index contributed by atoms with van der Waals surface area (Å²) >= 11 is 0. The molecule has 0 aliphatic heterocycles. The van der Waals surface area contributed by atoms with E-state index in [1.165, 1.54) is 13.8 Å². The molecule has 0 atom stereocenters. The van der Waals surface area contributed by atoms with Gasteiger partial charge in [-0.05, 0) is 25.2 Å². The molecule has 0 amide bonds. The van der Waals surface area contributed by atoms with E-state index in [1.54, 1.807) is 0 Å². The van der Waals surface area contributed by atoms with E-state index in [4.69, 9.17) is 4.43 Å². The quantitative estimate of drug-likeness (QED) is 0.549. The van der Waals surface area contributed by atoms with E-state index in [0.717, 1.165) is 11.4 Å². The molecule has 0 unspecified atom stereocenters. The van der Waals surface area contributed by atoms with E-state index in [9.17, 15) is 26.3 Å². The number of alkyl halides is 6. The Bertz CT molecular complexity index is 301. The van der Waals surface area contributed by atoms with Crippen molar-refractivity contribution in [3.05, 3.63) is 24.6 Å². The zero-order chi connectivity index (χ0) is 15.5. The van der Waals surface area contributed by atoms with Crippen LogP contribution in [0.1, 0.15) is 13.8 Å². The summed E-state index contributed by atoms with van der Waals surface area (Å²) in [7, 11) is -4.00. The Morgan fingerprint density at radius 2 is 1.26 bits per heavy atom. The molecule has 0 saturated carbocycles. The van der Waals surface area contributed by atoms with Crippen LogP contribution in [0.2, 0.25) is 0 Å². The predicted molar refractivity (Wildman–Crippen MR) is 59.4 cm³/mol. The minimum Gasteiger partial charge on any atom is -0.386 e. The zero-order valence-corrected chi connectivity index (χ0v) is 11.3. The summed E-state index contributed by atoms with van der Waals surface area (Å²) in [6, 6.07) is 0. The summed E-state index contributed by atoms with van der Waals surface area (Å²) in [4.78, 5) is 0. The van der Waals surface area contributed by atoms with Crippen LogP contribution in [0.5, 0.6) is 0 Å². The molecular formula is C10H14F6O2Si. The summed E-state index contributed by atoms with van der Waals surface area (Å²) in [6.45, 7) is 9.27. The van der Waals surface area contributed by atoms with Gasteiger partial charge in [-0.25, -0.2) is 0 Å². The summed E-state index contributed by atoms with van der Waals surface area (Å²) in [6.07, 6.45) is -15.8. The number of rotatable bonds is 6. The third kappa shape index (κ3) is 5.37. The van der Waals surface area contributed by atoms with Crippen molar-refractivity contribution in [2.45, 2.75) is 38.4 Å². The smallest absolute Gasteiger partial charge is 0.386 e. The summed E-state index contributed by atoms with van der Waals surface area (Å²) in [5.74, 6) is 0. The topological polar surface area (TPSA) is 18.5 Å². The summed E-state index contributed by atoms with van der Waals surface area (Å²) in [5.41, 5.74) is 1.65. The van der Waals surface area contributed by atoms with Gasteiger partial charge in [0.2, 0.25) is 6.10 Å². The average Bonchev–Trinajstić information content (AvgIpc) is 2.20. The highest BCUT2D eigenvalue weighted by Crippen LogP contribution is 2.38. The third-order valence-electron chi connectivity index (χ3n) is 1.89. The Morgan fingerprint density at radius 1 is 0.895 bits per heavy atom. The lowest BCUT2D eigenvalue weighted by Gasteiger charge is -2.32. The minimum absolute atomic E-state index is 0.634. The largest absolute Gasteiger partial charge is 0.422 e. The SMILES string of the molecule is C=C[Si](C=C)(OC(C)C)OC(C(F)(F)F)C(F)(F)F. The first-order valence-corrected chi connectivity index (χ1v) is 7.11. The number of halogens is 6. The third-order valence-corrected chi connectivity index (χ3v) is 4.47. The highest BCUT2D eigenvalue weighted by Gasteiger charge is 2.60. The van der Waals surface area contributed by atoms with Gasteiger partial charge in [-0.2, -0.15) is 26.3 Å². The van der Waals surface area contributed by atoms with Gasteiger partial charge in [-0.3, -0.25) is 0 Å². The zero-order valence-electron chi connectivity index (χ0n) is 10.3. The summed E-state index contributed by atoms with van der Waals surface area (Å²) in [5, 5.41) is 0. The molecule has 112 valence electrons. The first-order chi connectivity index (χ1) is 8.38. The van der Waals surface area contributed by atoms with Crippen molar-refractivity contribution in [1.29, 1.82) is 0 Å².